The quantitative estimate of drug-likeness (QED) is 0.643. The average molecular weight is 309 g/mol. The molecule has 3 aromatic heterocycles. The van der Waals surface area contributed by atoms with Crippen LogP contribution < -0.4 is 10.6 Å². The summed E-state index contributed by atoms with van der Waals surface area (Å²) in [7, 11) is 1.93. The van der Waals surface area contributed by atoms with Gasteiger partial charge in [-0.2, -0.15) is 5.10 Å². The largest absolute Gasteiger partial charge is 0.353 e. The molecule has 0 unspecified atom stereocenters. The maximum atomic E-state index is 4.53. The van der Waals surface area contributed by atoms with E-state index in [1.165, 1.54) is 0 Å². The van der Waals surface area contributed by atoms with Crippen molar-refractivity contribution in [3.63, 3.8) is 0 Å². The van der Waals surface area contributed by atoms with Crippen LogP contribution in [0.2, 0.25) is 0 Å². The molecule has 0 aliphatic carbocycles. The monoisotopic (exact) mass is 309 g/mol. The Balaban J connectivity index is 1.53. The summed E-state index contributed by atoms with van der Waals surface area (Å²) in [4.78, 5) is 12.4. The number of hydrogen-bond donors (Lipinski definition) is 2. The molecule has 7 heteroatoms. The molecule has 3 heterocycles. The van der Waals surface area contributed by atoms with Crippen LogP contribution in [0.1, 0.15) is 5.56 Å². The zero-order chi connectivity index (χ0) is 15.9. The van der Waals surface area contributed by atoms with Gasteiger partial charge in [-0.25, -0.2) is 9.97 Å². The predicted molar refractivity (Wildman–Crippen MR) is 88.7 cm³/mol. The second-order valence-corrected chi connectivity index (χ2v) is 5.09. The zero-order valence-electron chi connectivity index (χ0n) is 13.0. The Hall–Kier alpha value is -2.80. The van der Waals surface area contributed by atoms with Gasteiger partial charge in [-0.05, 0) is 18.2 Å². The summed E-state index contributed by atoms with van der Waals surface area (Å²) in [5.74, 6) is 0.645. The third-order valence-electron chi connectivity index (χ3n) is 3.31. The molecule has 23 heavy (non-hydrogen) atoms. The Morgan fingerprint density at radius 3 is 2.74 bits per heavy atom. The van der Waals surface area contributed by atoms with Crippen molar-refractivity contribution in [1.29, 1.82) is 0 Å². The van der Waals surface area contributed by atoms with E-state index in [0.29, 0.717) is 5.95 Å². The molecule has 0 amide bonds. The van der Waals surface area contributed by atoms with E-state index in [0.717, 1.165) is 36.5 Å². The van der Waals surface area contributed by atoms with E-state index >= 15 is 0 Å². The van der Waals surface area contributed by atoms with E-state index in [2.05, 4.69) is 30.7 Å². The van der Waals surface area contributed by atoms with Gasteiger partial charge in [0, 0.05) is 68.8 Å². The fraction of sp³-hybridized carbons (Fsp3) is 0.250. The minimum atomic E-state index is 0.645. The predicted octanol–water partition coefficient (Wildman–Crippen LogP) is 1.47. The third kappa shape index (κ3) is 4.10. The molecule has 0 bridgehead atoms. The first-order chi connectivity index (χ1) is 11.3. The standard InChI is InChI=1S/C16H19N7/c1-23-12-14(15(22-23)13-4-2-5-17-10-13)11-18-8-9-21-16-19-6-3-7-20-16/h2-7,10,12,18H,8-9,11H2,1H3,(H,19,20,21). The highest BCUT2D eigenvalue weighted by Crippen LogP contribution is 2.20. The number of aryl methyl sites for hydroxylation is 1. The number of nitrogens with zero attached hydrogens (tertiary/aromatic N) is 5. The van der Waals surface area contributed by atoms with E-state index in [1.807, 2.05) is 36.3 Å². The van der Waals surface area contributed by atoms with Crippen LogP contribution in [0.4, 0.5) is 5.95 Å². The maximum absolute atomic E-state index is 4.53. The van der Waals surface area contributed by atoms with Crippen molar-refractivity contribution in [3.05, 3.63) is 54.7 Å². The van der Waals surface area contributed by atoms with Crippen molar-refractivity contribution in [2.24, 2.45) is 7.05 Å². The summed E-state index contributed by atoms with van der Waals surface area (Å²) in [6, 6.07) is 5.74. The first-order valence-electron chi connectivity index (χ1n) is 7.47. The van der Waals surface area contributed by atoms with Crippen LogP contribution in [0.3, 0.4) is 0 Å². The molecular formula is C16H19N7. The second-order valence-electron chi connectivity index (χ2n) is 5.09. The van der Waals surface area contributed by atoms with Crippen LogP contribution in [0.25, 0.3) is 11.3 Å². The van der Waals surface area contributed by atoms with Crippen LogP contribution in [0.5, 0.6) is 0 Å². The van der Waals surface area contributed by atoms with Gasteiger partial charge in [-0.1, -0.05) is 0 Å². The van der Waals surface area contributed by atoms with Crippen LogP contribution >= 0.6 is 0 Å². The molecular weight excluding hydrogens is 290 g/mol. The highest BCUT2D eigenvalue weighted by molar-refractivity contribution is 5.61. The van der Waals surface area contributed by atoms with Crippen LogP contribution in [0, 0.1) is 0 Å². The smallest absolute Gasteiger partial charge is 0.222 e. The van der Waals surface area contributed by atoms with Crippen molar-refractivity contribution < 1.29 is 0 Å². The minimum Gasteiger partial charge on any atom is -0.353 e. The van der Waals surface area contributed by atoms with Crippen molar-refractivity contribution >= 4 is 5.95 Å². The van der Waals surface area contributed by atoms with Gasteiger partial charge >= 0.3 is 0 Å². The van der Waals surface area contributed by atoms with E-state index in [9.17, 15) is 0 Å². The normalized spacial score (nSPS) is 10.7. The van der Waals surface area contributed by atoms with Crippen molar-refractivity contribution in [1.82, 2.24) is 30.0 Å². The topological polar surface area (TPSA) is 80.5 Å². The number of hydrogen-bond acceptors (Lipinski definition) is 6. The van der Waals surface area contributed by atoms with Gasteiger partial charge in [0.1, 0.15) is 0 Å². The van der Waals surface area contributed by atoms with E-state index in [-0.39, 0.29) is 0 Å². The van der Waals surface area contributed by atoms with E-state index in [1.54, 1.807) is 24.7 Å². The molecule has 0 radical (unpaired) electrons. The molecule has 0 saturated heterocycles. The molecule has 0 atom stereocenters. The van der Waals surface area contributed by atoms with E-state index in [4.69, 9.17) is 0 Å². The first-order valence-corrected chi connectivity index (χ1v) is 7.47. The molecule has 118 valence electrons. The van der Waals surface area contributed by atoms with Gasteiger partial charge in [0.15, 0.2) is 0 Å². The Morgan fingerprint density at radius 1 is 1.09 bits per heavy atom. The number of pyridine rings is 1. The van der Waals surface area contributed by atoms with Gasteiger partial charge in [0.05, 0.1) is 5.69 Å². The van der Waals surface area contributed by atoms with Crippen molar-refractivity contribution in [2.75, 3.05) is 18.4 Å². The van der Waals surface area contributed by atoms with Crippen molar-refractivity contribution in [3.8, 4) is 11.3 Å². The summed E-state index contributed by atoms with van der Waals surface area (Å²) in [5, 5.41) is 11.1. The molecule has 2 N–H and O–H groups in total. The number of nitrogens with one attached hydrogen (secondary N) is 2. The average Bonchev–Trinajstić information content (AvgIpc) is 2.97. The third-order valence-corrected chi connectivity index (χ3v) is 3.31. The number of aromatic nitrogens is 5. The van der Waals surface area contributed by atoms with Gasteiger partial charge in [0.25, 0.3) is 0 Å². The molecule has 0 aromatic carbocycles. The van der Waals surface area contributed by atoms with Crippen LogP contribution in [0.15, 0.2) is 49.2 Å². The highest BCUT2D eigenvalue weighted by atomic mass is 15.3. The lowest BCUT2D eigenvalue weighted by atomic mass is 10.1. The zero-order valence-corrected chi connectivity index (χ0v) is 13.0. The molecule has 7 nitrogen and oxygen atoms in total. The minimum absolute atomic E-state index is 0.645. The molecule has 3 aromatic rings. The Morgan fingerprint density at radius 2 is 1.96 bits per heavy atom. The van der Waals surface area contributed by atoms with Crippen molar-refractivity contribution in [2.45, 2.75) is 6.54 Å². The Bertz CT molecular complexity index is 725. The van der Waals surface area contributed by atoms with Crippen LogP contribution in [-0.4, -0.2) is 37.8 Å². The SMILES string of the molecule is Cn1cc(CNCCNc2ncccn2)c(-c2cccnc2)n1. The van der Waals surface area contributed by atoms with Gasteiger partial charge in [-0.15, -0.1) is 0 Å². The summed E-state index contributed by atoms with van der Waals surface area (Å²) < 4.78 is 1.83. The fourth-order valence-electron chi connectivity index (χ4n) is 2.29. The Labute approximate surface area is 134 Å². The maximum Gasteiger partial charge on any atom is 0.222 e. The lowest BCUT2D eigenvalue weighted by Gasteiger charge is -2.06. The fourth-order valence-corrected chi connectivity index (χ4v) is 2.29. The lowest BCUT2D eigenvalue weighted by Crippen LogP contribution is -2.22. The number of rotatable bonds is 7. The van der Waals surface area contributed by atoms with Gasteiger partial charge in [0.2, 0.25) is 5.95 Å². The van der Waals surface area contributed by atoms with Gasteiger partial charge < -0.3 is 10.6 Å². The number of anilines is 1. The molecule has 0 spiro atoms. The Kier molecular flexibility index (Phi) is 4.90. The van der Waals surface area contributed by atoms with Gasteiger partial charge in [-0.3, -0.25) is 9.67 Å². The molecule has 0 saturated carbocycles. The summed E-state index contributed by atoms with van der Waals surface area (Å²) in [6.07, 6.45) is 9.07. The molecule has 0 aliphatic rings. The highest BCUT2D eigenvalue weighted by Gasteiger charge is 2.09. The van der Waals surface area contributed by atoms with E-state index < -0.39 is 0 Å². The summed E-state index contributed by atoms with van der Waals surface area (Å²) in [5.41, 5.74) is 3.14. The molecule has 0 fully saturated rings. The molecule has 3 rings (SSSR count). The first kappa shape index (κ1) is 15.1. The lowest BCUT2D eigenvalue weighted by molar-refractivity contribution is 0.703. The second kappa shape index (κ2) is 7.46. The summed E-state index contributed by atoms with van der Waals surface area (Å²) in [6.45, 7) is 2.31. The summed E-state index contributed by atoms with van der Waals surface area (Å²) >= 11 is 0. The van der Waals surface area contributed by atoms with Crippen LogP contribution in [-0.2, 0) is 13.6 Å². The molecule has 0 aliphatic heterocycles.